The summed E-state index contributed by atoms with van der Waals surface area (Å²) in [5.41, 5.74) is 8.99. The van der Waals surface area contributed by atoms with Crippen LogP contribution < -0.4 is 15.8 Å². The summed E-state index contributed by atoms with van der Waals surface area (Å²) in [5, 5.41) is 3.05. The second-order valence-corrected chi connectivity index (χ2v) is 4.76. The molecule has 2 aromatic carbocycles. The molecule has 0 atom stereocenters. The molecule has 0 aliphatic heterocycles. The lowest BCUT2D eigenvalue weighted by atomic mass is 10.1. The van der Waals surface area contributed by atoms with Crippen molar-refractivity contribution in [3.63, 3.8) is 0 Å². The number of hydrogen-bond donors (Lipinski definition) is 2. The van der Waals surface area contributed by atoms with E-state index in [0.717, 1.165) is 22.6 Å². The van der Waals surface area contributed by atoms with Gasteiger partial charge in [-0.3, -0.25) is 0 Å². The Bertz CT molecular complexity index is 647. The molecule has 0 unspecified atom stereocenters. The molecular formula is C17H22IN3O2. The van der Waals surface area contributed by atoms with Crippen LogP contribution in [-0.2, 0) is 17.9 Å². The molecule has 6 heteroatoms. The van der Waals surface area contributed by atoms with Gasteiger partial charge in [-0.05, 0) is 23.3 Å². The number of aliphatic imine (C=N–C) groups is 1. The number of ether oxygens (including phenoxy) is 2. The molecule has 0 aliphatic carbocycles. The standard InChI is InChI=1S/C17H21N3O2.HI/c1-21-12-14-7-4-3-6-13(14)11-19-17(18)20-15-8-5-9-16(10-15)22-2;/h3-10H,11-12H2,1-2H3,(H3,18,19,20);1H. The van der Waals surface area contributed by atoms with E-state index < -0.39 is 0 Å². The van der Waals surface area contributed by atoms with Crippen LogP contribution in [0.5, 0.6) is 5.75 Å². The lowest BCUT2D eigenvalue weighted by molar-refractivity contribution is 0.184. The molecule has 23 heavy (non-hydrogen) atoms. The van der Waals surface area contributed by atoms with Gasteiger partial charge in [-0.2, -0.15) is 0 Å². The van der Waals surface area contributed by atoms with E-state index >= 15 is 0 Å². The Kier molecular flexibility index (Phi) is 8.42. The topological polar surface area (TPSA) is 68.9 Å². The summed E-state index contributed by atoms with van der Waals surface area (Å²) in [6, 6.07) is 15.6. The number of halogens is 1. The number of nitrogens with zero attached hydrogens (tertiary/aromatic N) is 1. The summed E-state index contributed by atoms with van der Waals surface area (Å²) in [5.74, 6) is 1.13. The molecule has 5 nitrogen and oxygen atoms in total. The van der Waals surface area contributed by atoms with Crippen LogP contribution in [0, 0.1) is 0 Å². The van der Waals surface area contributed by atoms with Crippen molar-refractivity contribution in [3.05, 3.63) is 59.7 Å². The fraction of sp³-hybridized carbons (Fsp3) is 0.235. The van der Waals surface area contributed by atoms with Gasteiger partial charge in [-0.15, -0.1) is 24.0 Å². The summed E-state index contributed by atoms with van der Waals surface area (Å²) in [7, 11) is 3.31. The molecule has 0 heterocycles. The molecule has 0 bridgehead atoms. The van der Waals surface area contributed by atoms with Crippen LogP contribution in [0.2, 0.25) is 0 Å². The van der Waals surface area contributed by atoms with E-state index in [1.807, 2.05) is 48.5 Å². The number of guanidine groups is 1. The first-order valence-electron chi connectivity index (χ1n) is 6.99. The number of rotatable bonds is 6. The van der Waals surface area contributed by atoms with E-state index in [9.17, 15) is 0 Å². The molecule has 0 radical (unpaired) electrons. The van der Waals surface area contributed by atoms with Crippen molar-refractivity contribution in [1.29, 1.82) is 0 Å². The summed E-state index contributed by atoms with van der Waals surface area (Å²) >= 11 is 0. The molecule has 0 saturated heterocycles. The van der Waals surface area contributed by atoms with Crippen molar-refractivity contribution in [3.8, 4) is 5.75 Å². The molecular weight excluding hydrogens is 405 g/mol. The highest BCUT2D eigenvalue weighted by atomic mass is 127. The Morgan fingerprint density at radius 1 is 1.09 bits per heavy atom. The monoisotopic (exact) mass is 427 g/mol. The van der Waals surface area contributed by atoms with Crippen LogP contribution in [0.25, 0.3) is 0 Å². The molecule has 0 amide bonds. The second-order valence-electron chi connectivity index (χ2n) is 4.76. The summed E-state index contributed by atoms with van der Waals surface area (Å²) in [6.45, 7) is 1.07. The first-order valence-corrected chi connectivity index (χ1v) is 6.99. The molecule has 2 aromatic rings. The van der Waals surface area contributed by atoms with Gasteiger partial charge in [0.05, 0.1) is 20.3 Å². The smallest absolute Gasteiger partial charge is 0.193 e. The first kappa shape index (κ1) is 19.2. The van der Waals surface area contributed by atoms with Gasteiger partial charge in [-0.25, -0.2) is 4.99 Å². The molecule has 0 spiro atoms. The van der Waals surface area contributed by atoms with Gasteiger partial charge < -0.3 is 20.5 Å². The minimum absolute atomic E-state index is 0. The number of methoxy groups -OCH3 is 2. The van der Waals surface area contributed by atoms with Crippen LogP contribution >= 0.6 is 24.0 Å². The van der Waals surface area contributed by atoms with E-state index in [4.69, 9.17) is 15.2 Å². The van der Waals surface area contributed by atoms with Gasteiger partial charge in [0.25, 0.3) is 0 Å². The second kappa shape index (κ2) is 10.1. The maximum atomic E-state index is 5.94. The zero-order valence-corrected chi connectivity index (χ0v) is 15.6. The van der Waals surface area contributed by atoms with E-state index in [1.165, 1.54) is 0 Å². The van der Waals surface area contributed by atoms with Gasteiger partial charge in [0, 0.05) is 18.9 Å². The lowest BCUT2D eigenvalue weighted by Crippen LogP contribution is -2.22. The molecule has 2 rings (SSSR count). The Morgan fingerprint density at radius 2 is 1.83 bits per heavy atom. The number of hydrogen-bond acceptors (Lipinski definition) is 3. The van der Waals surface area contributed by atoms with Crippen molar-refractivity contribution < 1.29 is 9.47 Å². The molecule has 0 saturated carbocycles. The van der Waals surface area contributed by atoms with Gasteiger partial charge in [0.15, 0.2) is 5.96 Å². The van der Waals surface area contributed by atoms with Crippen LogP contribution in [0.4, 0.5) is 5.69 Å². The Hall–Kier alpha value is -1.80. The van der Waals surface area contributed by atoms with E-state index in [-0.39, 0.29) is 24.0 Å². The van der Waals surface area contributed by atoms with Crippen molar-refractivity contribution in [2.75, 3.05) is 19.5 Å². The Morgan fingerprint density at radius 3 is 2.52 bits per heavy atom. The summed E-state index contributed by atoms with van der Waals surface area (Å²) in [4.78, 5) is 4.38. The van der Waals surface area contributed by atoms with E-state index in [0.29, 0.717) is 19.1 Å². The van der Waals surface area contributed by atoms with Crippen molar-refractivity contribution in [2.45, 2.75) is 13.2 Å². The SMILES string of the molecule is COCc1ccccc1CN=C(N)Nc1cccc(OC)c1.I. The van der Waals surface area contributed by atoms with Crippen LogP contribution in [0.15, 0.2) is 53.5 Å². The normalized spacial score (nSPS) is 10.8. The molecule has 0 aliphatic rings. The molecule has 124 valence electrons. The minimum atomic E-state index is 0. The average Bonchev–Trinajstić information content (AvgIpc) is 2.54. The zero-order valence-electron chi connectivity index (χ0n) is 13.3. The largest absolute Gasteiger partial charge is 0.497 e. The highest BCUT2D eigenvalue weighted by molar-refractivity contribution is 14.0. The minimum Gasteiger partial charge on any atom is -0.497 e. The van der Waals surface area contributed by atoms with Crippen LogP contribution in [0.3, 0.4) is 0 Å². The lowest BCUT2D eigenvalue weighted by Gasteiger charge is -2.09. The fourth-order valence-corrected chi connectivity index (χ4v) is 2.07. The molecule has 0 aromatic heterocycles. The van der Waals surface area contributed by atoms with Crippen molar-refractivity contribution >= 4 is 35.6 Å². The average molecular weight is 427 g/mol. The van der Waals surface area contributed by atoms with Crippen molar-refractivity contribution in [1.82, 2.24) is 0 Å². The number of benzene rings is 2. The maximum Gasteiger partial charge on any atom is 0.193 e. The Labute approximate surface area is 153 Å². The highest BCUT2D eigenvalue weighted by Crippen LogP contribution is 2.16. The van der Waals surface area contributed by atoms with Gasteiger partial charge in [-0.1, -0.05) is 30.3 Å². The maximum absolute atomic E-state index is 5.94. The van der Waals surface area contributed by atoms with E-state index in [1.54, 1.807) is 14.2 Å². The third-order valence-corrected chi connectivity index (χ3v) is 3.18. The third kappa shape index (κ3) is 6.07. The Balaban J connectivity index is 0.00000264. The predicted molar refractivity (Wildman–Crippen MR) is 105 cm³/mol. The third-order valence-electron chi connectivity index (χ3n) is 3.18. The number of nitrogens with one attached hydrogen (secondary N) is 1. The van der Waals surface area contributed by atoms with Crippen LogP contribution in [-0.4, -0.2) is 20.2 Å². The van der Waals surface area contributed by atoms with Crippen molar-refractivity contribution in [2.24, 2.45) is 10.7 Å². The predicted octanol–water partition coefficient (Wildman–Crippen LogP) is 3.39. The van der Waals surface area contributed by atoms with Gasteiger partial charge in [0.1, 0.15) is 5.75 Å². The number of nitrogens with two attached hydrogens (primary N) is 1. The van der Waals surface area contributed by atoms with Crippen LogP contribution in [0.1, 0.15) is 11.1 Å². The molecule has 0 fully saturated rings. The van der Waals surface area contributed by atoms with E-state index in [2.05, 4.69) is 10.3 Å². The first-order chi connectivity index (χ1) is 10.7. The number of anilines is 1. The highest BCUT2D eigenvalue weighted by Gasteiger charge is 2.02. The summed E-state index contributed by atoms with van der Waals surface area (Å²) < 4.78 is 10.4. The fourth-order valence-electron chi connectivity index (χ4n) is 2.07. The quantitative estimate of drug-likeness (QED) is 0.422. The molecule has 3 N–H and O–H groups in total. The van der Waals surface area contributed by atoms with Gasteiger partial charge >= 0.3 is 0 Å². The van der Waals surface area contributed by atoms with Gasteiger partial charge in [0.2, 0.25) is 0 Å². The zero-order chi connectivity index (χ0) is 15.8. The summed E-state index contributed by atoms with van der Waals surface area (Å²) in [6.07, 6.45) is 0.